The Kier molecular flexibility index (Phi) is 20.6. The number of likely N-dealkylation sites (tertiary alicyclic amines) is 2. The average molecular weight is 978 g/mol. The van der Waals surface area contributed by atoms with E-state index in [4.69, 9.17) is 28.4 Å². The van der Waals surface area contributed by atoms with E-state index in [2.05, 4.69) is 5.32 Å². The van der Waals surface area contributed by atoms with Gasteiger partial charge in [-0.15, -0.1) is 0 Å². The van der Waals surface area contributed by atoms with Crippen LogP contribution in [-0.2, 0) is 39.9 Å². The summed E-state index contributed by atoms with van der Waals surface area (Å²) in [7, 11) is 1.57. The number of piperidine rings is 2. The van der Waals surface area contributed by atoms with Crippen LogP contribution in [0.15, 0.2) is 42.5 Å². The summed E-state index contributed by atoms with van der Waals surface area (Å²) >= 11 is 0. The molecule has 2 saturated heterocycles. The molecular weight excluding hydrogens is 899 g/mol. The van der Waals surface area contributed by atoms with Gasteiger partial charge in [-0.05, 0) is 130 Å². The zero-order valence-electron chi connectivity index (χ0n) is 43.2. The highest BCUT2D eigenvalue weighted by molar-refractivity contribution is 5.98. The Morgan fingerprint density at radius 3 is 2.09 bits per heavy atom. The SMILES string of the molecule is CCOC(=O)CN(CCOC1CCN(C(=O)[C@H](NC(=O)c2cccc(C3CCCN(C(=O)CN(Cc4ccc(OC)cc4OCC)C(=O)OC(C)(C)C)C3)c2)C2CCCCC2)CC1)C(=O)OC(C)(C)C. The first-order chi connectivity index (χ1) is 33.3. The predicted octanol–water partition coefficient (Wildman–Crippen LogP) is 7.72. The third-order valence-electron chi connectivity index (χ3n) is 12.7. The Balaban J connectivity index is 1.21. The standard InChI is InChI=1S/C53H79N5O12/c1-10-66-44-32-43(65-9)23-22-41(44)34-58(51(64)70-53(6,7)8)35-45(59)56-26-16-21-40(33-56)38-19-15-20-39(31-38)48(61)54-47(37-17-13-12-14-18-37)49(62)55-27-24-42(25-28-55)68-30-29-57(36-46(60)67-11-2)50(63)69-52(3,4)5/h15,19-20,22-23,31-32,37,40,42,47H,10-14,16-18,21,24-30,33-36H2,1-9H3,(H,54,61)/t40?,47-/m1/s1. The van der Waals surface area contributed by atoms with E-state index < -0.39 is 35.4 Å². The predicted molar refractivity (Wildman–Crippen MR) is 264 cm³/mol. The summed E-state index contributed by atoms with van der Waals surface area (Å²) in [6.45, 7) is 16.6. The largest absolute Gasteiger partial charge is 0.497 e. The minimum Gasteiger partial charge on any atom is -0.497 e. The number of carbonyl (C=O) groups excluding carboxylic acids is 6. The maximum absolute atomic E-state index is 14.4. The minimum absolute atomic E-state index is 0.00855. The van der Waals surface area contributed by atoms with Gasteiger partial charge in [-0.3, -0.25) is 29.0 Å². The van der Waals surface area contributed by atoms with Crippen molar-refractivity contribution in [1.29, 1.82) is 0 Å². The lowest BCUT2D eigenvalue weighted by Gasteiger charge is -2.37. The summed E-state index contributed by atoms with van der Waals surface area (Å²) in [5, 5.41) is 3.17. The van der Waals surface area contributed by atoms with Crippen molar-refractivity contribution >= 4 is 35.9 Å². The van der Waals surface area contributed by atoms with Gasteiger partial charge in [0.2, 0.25) is 11.8 Å². The molecule has 1 saturated carbocycles. The van der Waals surface area contributed by atoms with Crippen molar-refractivity contribution < 1.29 is 57.2 Å². The molecule has 0 spiro atoms. The van der Waals surface area contributed by atoms with Gasteiger partial charge < -0.3 is 43.5 Å². The number of esters is 1. The van der Waals surface area contributed by atoms with Crippen molar-refractivity contribution in [3.05, 3.63) is 59.2 Å². The maximum atomic E-state index is 14.4. The average Bonchev–Trinajstić information content (AvgIpc) is 3.32. The van der Waals surface area contributed by atoms with E-state index in [1.54, 1.807) is 78.7 Å². The van der Waals surface area contributed by atoms with Crippen LogP contribution in [0.25, 0.3) is 0 Å². The number of carbonyl (C=O) groups is 6. The van der Waals surface area contributed by atoms with Gasteiger partial charge in [0.15, 0.2) is 0 Å². The van der Waals surface area contributed by atoms with Crippen molar-refractivity contribution in [2.75, 3.05) is 72.7 Å². The number of nitrogens with zero attached hydrogens (tertiary/aromatic N) is 4. The summed E-state index contributed by atoms with van der Waals surface area (Å²) < 4.78 is 33.8. The van der Waals surface area contributed by atoms with Crippen molar-refractivity contribution in [3.8, 4) is 11.5 Å². The highest BCUT2D eigenvalue weighted by Crippen LogP contribution is 2.32. The van der Waals surface area contributed by atoms with Crippen molar-refractivity contribution in [3.63, 3.8) is 0 Å². The Labute approximate surface area is 415 Å². The molecule has 17 nitrogen and oxygen atoms in total. The van der Waals surface area contributed by atoms with Crippen LogP contribution < -0.4 is 14.8 Å². The number of hydrogen-bond acceptors (Lipinski definition) is 12. The van der Waals surface area contributed by atoms with E-state index in [0.717, 1.165) is 50.5 Å². The molecule has 3 fully saturated rings. The van der Waals surface area contributed by atoms with Crippen LogP contribution in [0, 0.1) is 5.92 Å². The fraction of sp³-hybridized carbons (Fsp3) is 0.660. The molecule has 0 aromatic heterocycles. The van der Waals surface area contributed by atoms with Gasteiger partial charge >= 0.3 is 18.2 Å². The van der Waals surface area contributed by atoms with Crippen LogP contribution in [0.1, 0.15) is 141 Å². The molecule has 5 rings (SSSR count). The molecule has 0 radical (unpaired) electrons. The summed E-state index contributed by atoms with van der Waals surface area (Å²) in [5.74, 6) is -0.0298. The van der Waals surface area contributed by atoms with E-state index in [9.17, 15) is 28.8 Å². The van der Waals surface area contributed by atoms with Gasteiger partial charge in [-0.1, -0.05) is 31.4 Å². The first-order valence-corrected chi connectivity index (χ1v) is 25.3. The van der Waals surface area contributed by atoms with Gasteiger partial charge in [0.05, 0.1) is 39.6 Å². The zero-order chi connectivity index (χ0) is 51.0. The number of hydrogen-bond donors (Lipinski definition) is 1. The van der Waals surface area contributed by atoms with Crippen LogP contribution in [-0.4, -0.2) is 152 Å². The topological polar surface area (TPSA) is 183 Å². The molecule has 17 heteroatoms. The molecule has 1 aliphatic carbocycles. The van der Waals surface area contributed by atoms with E-state index in [-0.39, 0.29) is 75.1 Å². The second kappa shape index (κ2) is 26.0. The number of amides is 5. The molecule has 388 valence electrons. The smallest absolute Gasteiger partial charge is 0.411 e. The van der Waals surface area contributed by atoms with E-state index in [1.807, 2.05) is 36.1 Å². The van der Waals surface area contributed by atoms with Gasteiger partial charge in [0.1, 0.15) is 41.8 Å². The molecule has 3 aliphatic rings. The van der Waals surface area contributed by atoms with Gasteiger partial charge in [0.25, 0.3) is 5.91 Å². The fourth-order valence-electron chi connectivity index (χ4n) is 9.24. The lowest BCUT2D eigenvalue weighted by molar-refractivity contribution is -0.144. The van der Waals surface area contributed by atoms with E-state index >= 15 is 0 Å². The van der Waals surface area contributed by atoms with Gasteiger partial charge in [0, 0.05) is 55.8 Å². The molecule has 1 N–H and O–H groups in total. The van der Waals surface area contributed by atoms with Crippen LogP contribution in [0.3, 0.4) is 0 Å². The molecule has 2 aliphatic heterocycles. The summed E-state index contributed by atoms with van der Waals surface area (Å²) in [5.41, 5.74) is 0.565. The lowest BCUT2D eigenvalue weighted by Crippen LogP contribution is -2.54. The third kappa shape index (κ3) is 17.1. The quantitative estimate of drug-likeness (QED) is 0.107. The molecule has 0 bridgehead atoms. The lowest BCUT2D eigenvalue weighted by atomic mass is 9.83. The van der Waals surface area contributed by atoms with E-state index in [0.29, 0.717) is 68.3 Å². The zero-order valence-corrected chi connectivity index (χ0v) is 43.2. The summed E-state index contributed by atoms with van der Waals surface area (Å²) in [6.07, 6.45) is 6.12. The molecule has 2 heterocycles. The van der Waals surface area contributed by atoms with Crippen LogP contribution in [0.5, 0.6) is 11.5 Å². The summed E-state index contributed by atoms with van der Waals surface area (Å²) in [4.78, 5) is 87.7. The molecule has 2 atom stereocenters. The second-order valence-electron chi connectivity index (χ2n) is 20.5. The molecule has 5 amide bonds. The van der Waals surface area contributed by atoms with Gasteiger partial charge in [-0.25, -0.2) is 9.59 Å². The molecule has 1 unspecified atom stereocenters. The number of rotatable bonds is 19. The molecule has 2 aromatic carbocycles. The number of methoxy groups -OCH3 is 1. The fourth-order valence-corrected chi connectivity index (χ4v) is 9.24. The molecule has 70 heavy (non-hydrogen) atoms. The Morgan fingerprint density at radius 1 is 0.757 bits per heavy atom. The Morgan fingerprint density at radius 2 is 1.44 bits per heavy atom. The molecule has 2 aromatic rings. The molecular formula is C53H79N5O12. The Hall–Kier alpha value is -5.58. The highest BCUT2D eigenvalue weighted by Gasteiger charge is 2.37. The first kappa shape index (κ1) is 55.3. The van der Waals surface area contributed by atoms with Gasteiger partial charge in [-0.2, -0.15) is 0 Å². The maximum Gasteiger partial charge on any atom is 0.411 e. The number of nitrogens with one attached hydrogen (secondary N) is 1. The third-order valence-corrected chi connectivity index (χ3v) is 12.7. The summed E-state index contributed by atoms with van der Waals surface area (Å²) in [6, 6.07) is 12.2. The number of benzene rings is 2. The Bertz CT molecular complexity index is 2070. The van der Waals surface area contributed by atoms with Crippen LogP contribution in [0.2, 0.25) is 0 Å². The van der Waals surface area contributed by atoms with Crippen molar-refractivity contribution in [2.24, 2.45) is 5.92 Å². The van der Waals surface area contributed by atoms with E-state index in [1.165, 1.54) is 9.80 Å². The van der Waals surface area contributed by atoms with Crippen molar-refractivity contribution in [1.82, 2.24) is 24.9 Å². The number of ether oxygens (including phenoxy) is 6. The van der Waals surface area contributed by atoms with Crippen molar-refractivity contribution in [2.45, 2.75) is 149 Å². The second-order valence-corrected chi connectivity index (χ2v) is 20.5. The van der Waals surface area contributed by atoms with Crippen LogP contribution >= 0.6 is 0 Å². The minimum atomic E-state index is -0.780. The first-order valence-electron chi connectivity index (χ1n) is 25.3. The normalized spacial score (nSPS) is 17.5. The highest BCUT2D eigenvalue weighted by atomic mass is 16.6. The van der Waals surface area contributed by atoms with Crippen LogP contribution in [0.4, 0.5) is 9.59 Å². The monoisotopic (exact) mass is 978 g/mol.